The lowest BCUT2D eigenvalue weighted by Crippen LogP contribution is -2.22. The van der Waals surface area contributed by atoms with Gasteiger partial charge in [0.1, 0.15) is 5.58 Å². The molecule has 0 aliphatic rings. The standard InChI is InChI=1S/C15H12N2O5/c18-14(12-2-1-5-21-12)16-8-9-3-4-11-10(6-9)7-13(22-11)15(19)17-20/h1-7,20H,8H2,(H,16,18)(H,17,19). The van der Waals surface area contributed by atoms with E-state index in [1.54, 1.807) is 30.3 Å². The summed E-state index contributed by atoms with van der Waals surface area (Å²) in [5.74, 6) is -0.776. The second kappa shape index (κ2) is 5.74. The number of nitrogens with one attached hydrogen (secondary N) is 2. The Balaban J connectivity index is 1.74. The summed E-state index contributed by atoms with van der Waals surface area (Å²) in [6.07, 6.45) is 1.43. The monoisotopic (exact) mass is 300 g/mol. The fraction of sp³-hybridized carbons (Fsp3) is 0.0667. The largest absolute Gasteiger partial charge is 0.459 e. The fourth-order valence-corrected chi connectivity index (χ4v) is 2.05. The van der Waals surface area contributed by atoms with Gasteiger partial charge in [0.2, 0.25) is 0 Å². The molecule has 112 valence electrons. The fourth-order valence-electron chi connectivity index (χ4n) is 2.05. The number of carbonyl (C=O) groups is 2. The molecular formula is C15H12N2O5. The zero-order valence-corrected chi connectivity index (χ0v) is 11.3. The van der Waals surface area contributed by atoms with E-state index in [1.165, 1.54) is 17.8 Å². The first kappa shape index (κ1) is 13.9. The van der Waals surface area contributed by atoms with Crippen molar-refractivity contribution >= 4 is 22.8 Å². The number of rotatable bonds is 4. The number of benzene rings is 1. The summed E-state index contributed by atoms with van der Waals surface area (Å²) in [5, 5.41) is 12.0. The zero-order chi connectivity index (χ0) is 15.5. The van der Waals surface area contributed by atoms with E-state index < -0.39 is 5.91 Å². The molecule has 0 unspecified atom stereocenters. The lowest BCUT2D eigenvalue weighted by atomic mass is 10.1. The minimum Gasteiger partial charge on any atom is -0.459 e. The van der Waals surface area contributed by atoms with Gasteiger partial charge in [-0.2, -0.15) is 0 Å². The lowest BCUT2D eigenvalue weighted by Gasteiger charge is -2.03. The topological polar surface area (TPSA) is 105 Å². The average Bonchev–Trinajstić information content (AvgIpc) is 3.20. The summed E-state index contributed by atoms with van der Waals surface area (Å²) >= 11 is 0. The minimum absolute atomic E-state index is 0.00858. The first-order valence-electron chi connectivity index (χ1n) is 6.46. The zero-order valence-electron chi connectivity index (χ0n) is 11.3. The number of hydroxylamine groups is 1. The van der Waals surface area contributed by atoms with E-state index in [-0.39, 0.29) is 17.4 Å². The SMILES string of the molecule is O=C(NCc1ccc2oc(C(=O)NO)cc2c1)c1ccco1. The molecule has 0 spiro atoms. The van der Waals surface area contributed by atoms with E-state index in [9.17, 15) is 9.59 Å². The summed E-state index contributed by atoms with van der Waals surface area (Å²) < 4.78 is 10.3. The lowest BCUT2D eigenvalue weighted by molar-refractivity contribution is 0.0678. The van der Waals surface area contributed by atoms with Crippen LogP contribution in [-0.2, 0) is 6.54 Å². The Morgan fingerprint density at radius 2 is 1.95 bits per heavy atom. The van der Waals surface area contributed by atoms with Gasteiger partial charge in [0.25, 0.3) is 5.91 Å². The second-order valence-electron chi connectivity index (χ2n) is 4.58. The third-order valence-electron chi connectivity index (χ3n) is 3.10. The van der Waals surface area contributed by atoms with Gasteiger partial charge in [-0.25, -0.2) is 5.48 Å². The van der Waals surface area contributed by atoms with E-state index in [4.69, 9.17) is 14.0 Å². The van der Waals surface area contributed by atoms with Gasteiger partial charge in [-0.1, -0.05) is 6.07 Å². The summed E-state index contributed by atoms with van der Waals surface area (Å²) in [6, 6.07) is 9.98. The van der Waals surface area contributed by atoms with E-state index in [1.807, 2.05) is 0 Å². The van der Waals surface area contributed by atoms with Gasteiger partial charge >= 0.3 is 5.91 Å². The van der Waals surface area contributed by atoms with Gasteiger partial charge in [-0.3, -0.25) is 14.8 Å². The molecule has 0 saturated carbocycles. The number of hydrogen-bond acceptors (Lipinski definition) is 5. The maximum Gasteiger partial charge on any atom is 0.310 e. The first-order valence-corrected chi connectivity index (χ1v) is 6.46. The number of amides is 2. The maximum atomic E-state index is 11.8. The minimum atomic E-state index is -0.719. The molecule has 0 bridgehead atoms. The van der Waals surface area contributed by atoms with Gasteiger partial charge in [-0.15, -0.1) is 0 Å². The Morgan fingerprint density at radius 1 is 1.09 bits per heavy atom. The van der Waals surface area contributed by atoms with Gasteiger partial charge < -0.3 is 14.2 Å². The molecule has 3 aromatic rings. The molecule has 0 atom stereocenters. The highest BCUT2D eigenvalue weighted by Gasteiger charge is 2.12. The van der Waals surface area contributed by atoms with Crippen LogP contribution in [0.25, 0.3) is 11.0 Å². The quantitative estimate of drug-likeness (QED) is 0.505. The highest BCUT2D eigenvalue weighted by molar-refractivity contribution is 5.95. The van der Waals surface area contributed by atoms with Crippen molar-refractivity contribution in [3.63, 3.8) is 0 Å². The van der Waals surface area contributed by atoms with Crippen molar-refractivity contribution in [2.45, 2.75) is 6.54 Å². The molecule has 0 saturated heterocycles. The maximum absolute atomic E-state index is 11.8. The van der Waals surface area contributed by atoms with Crippen molar-refractivity contribution in [1.29, 1.82) is 0 Å². The number of carbonyl (C=O) groups excluding carboxylic acids is 2. The van der Waals surface area contributed by atoms with Crippen LogP contribution in [0, 0.1) is 0 Å². The Labute approximate surface area is 124 Å². The van der Waals surface area contributed by atoms with E-state index in [0.29, 0.717) is 17.5 Å². The van der Waals surface area contributed by atoms with Crippen LogP contribution < -0.4 is 10.8 Å². The third-order valence-corrected chi connectivity index (χ3v) is 3.10. The summed E-state index contributed by atoms with van der Waals surface area (Å²) in [6.45, 7) is 0.308. The van der Waals surface area contributed by atoms with Crippen LogP contribution >= 0.6 is 0 Å². The molecule has 2 heterocycles. The predicted molar refractivity (Wildman–Crippen MR) is 75.3 cm³/mol. The molecule has 0 fully saturated rings. The number of furan rings is 2. The van der Waals surface area contributed by atoms with E-state index in [0.717, 1.165) is 5.56 Å². The van der Waals surface area contributed by atoms with Crippen LogP contribution in [0.5, 0.6) is 0 Å². The molecule has 0 radical (unpaired) electrons. The van der Waals surface area contributed by atoms with E-state index in [2.05, 4.69) is 5.32 Å². The molecule has 22 heavy (non-hydrogen) atoms. The third kappa shape index (κ3) is 2.70. The van der Waals surface area contributed by atoms with Crippen molar-refractivity contribution in [2.75, 3.05) is 0 Å². The smallest absolute Gasteiger partial charge is 0.310 e. The average molecular weight is 300 g/mol. The summed E-state index contributed by atoms with van der Waals surface area (Å²) in [7, 11) is 0. The molecule has 7 heteroatoms. The molecule has 0 aliphatic heterocycles. The van der Waals surface area contributed by atoms with Crippen LogP contribution in [0.3, 0.4) is 0 Å². The van der Waals surface area contributed by atoms with Crippen LogP contribution in [-0.4, -0.2) is 17.0 Å². The van der Waals surface area contributed by atoms with Crippen LogP contribution in [0.4, 0.5) is 0 Å². The molecule has 7 nitrogen and oxygen atoms in total. The number of fused-ring (bicyclic) bond motifs is 1. The van der Waals surface area contributed by atoms with Crippen molar-refractivity contribution < 1.29 is 23.6 Å². The van der Waals surface area contributed by atoms with Crippen molar-refractivity contribution in [1.82, 2.24) is 10.8 Å². The molecule has 3 rings (SSSR count). The Hall–Kier alpha value is -3.06. The summed E-state index contributed by atoms with van der Waals surface area (Å²) in [5.41, 5.74) is 2.86. The molecule has 0 aliphatic carbocycles. The normalized spacial score (nSPS) is 10.6. The van der Waals surface area contributed by atoms with Crippen molar-refractivity contribution in [3.05, 3.63) is 59.7 Å². The Kier molecular flexibility index (Phi) is 3.63. The summed E-state index contributed by atoms with van der Waals surface area (Å²) in [4.78, 5) is 23.1. The predicted octanol–water partition coefficient (Wildman–Crippen LogP) is 2.07. The number of hydrogen-bond donors (Lipinski definition) is 3. The first-order chi connectivity index (χ1) is 10.7. The van der Waals surface area contributed by atoms with Gasteiger partial charge in [0.15, 0.2) is 11.5 Å². The molecular weight excluding hydrogens is 288 g/mol. The Morgan fingerprint density at radius 3 is 2.68 bits per heavy atom. The van der Waals surface area contributed by atoms with E-state index >= 15 is 0 Å². The highest BCUT2D eigenvalue weighted by atomic mass is 16.5. The molecule has 3 N–H and O–H groups in total. The van der Waals surface area contributed by atoms with Crippen LogP contribution in [0.2, 0.25) is 0 Å². The molecule has 2 aromatic heterocycles. The molecule has 1 aromatic carbocycles. The highest BCUT2D eigenvalue weighted by Crippen LogP contribution is 2.21. The molecule has 2 amide bonds. The second-order valence-corrected chi connectivity index (χ2v) is 4.58. The van der Waals surface area contributed by atoms with Gasteiger partial charge in [0.05, 0.1) is 6.26 Å². The van der Waals surface area contributed by atoms with Gasteiger partial charge in [0, 0.05) is 11.9 Å². The Bertz CT molecular complexity index is 820. The van der Waals surface area contributed by atoms with Crippen LogP contribution in [0.15, 0.2) is 51.5 Å². The van der Waals surface area contributed by atoms with Gasteiger partial charge in [-0.05, 0) is 35.9 Å². The van der Waals surface area contributed by atoms with Crippen molar-refractivity contribution in [3.8, 4) is 0 Å². The van der Waals surface area contributed by atoms with Crippen LogP contribution in [0.1, 0.15) is 26.7 Å². The van der Waals surface area contributed by atoms with Crippen molar-refractivity contribution in [2.24, 2.45) is 0 Å².